The minimum atomic E-state index is -0.533. The van der Waals surface area contributed by atoms with Gasteiger partial charge in [-0.25, -0.2) is 0 Å². The second-order valence-electron chi connectivity index (χ2n) is 2.73. The molecule has 0 heterocycles. The fraction of sp³-hybridized carbons (Fsp3) is 0. The average molecular weight is 190 g/mol. The molecule has 0 radical (unpaired) electrons. The molecule has 4 N–H and O–H groups in total. The Morgan fingerprint density at radius 2 is 1.93 bits per heavy atom. The van der Waals surface area contributed by atoms with E-state index in [-0.39, 0.29) is 0 Å². The Bertz CT molecular complexity index is 397. The van der Waals surface area contributed by atoms with Gasteiger partial charge in [0.1, 0.15) is 0 Å². The van der Waals surface area contributed by atoms with E-state index >= 15 is 0 Å². The van der Waals surface area contributed by atoms with Crippen molar-refractivity contribution in [1.82, 2.24) is 0 Å². The number of primary amides is 2. The normalized spacial score (nSPS) is 10.3. The van der Waals surface area contributed by atoms with E-state index in [1.165, 1.54) is 12.2 Å². The molecule has 0 saturated carbocycles. The van der Waals surface area contributed by atoms with Crippen LogP contribution in [0.2, 0.25) is 0 Å². The van der Waals surface area contributed by atoms with Gasteiger partial charge in [0.05, 0.1) is 0 Å². The van der Waals surface area contributed by atoms with Gasteiger partial charge < -0.3 is 11.5 Å². The van der Waals surface area contributed by atoms with E-state index in [9.17, 15) is 9.59 Å². The summed E-state index contributed by atoms with van der Waals surface area (Å²) < 4.78 is 0. The number of rotatable bonds is 3. The second-order valence-corrected chi connectivity index (χ2v) is 2.73. The van der Waals surface area contributed by atoms with E-state index < -0.39 is 11.8 Å². The highest BCUT2D eigenvalue weighted by atomic mass is 16.1. The summed E-state index contributed by atoms with van der Waals surface area (Å²) in [7, 11) is 0. The molecular formula is C10H10N2O2. The third-order valence-corrected chi connectivity index (χ3v) is 1.61. The molecule has 1 aromatic carbocycles. The maximum atomic E-state index is 10.8. The van der Waals surface area contributed by atoms with Crippen molar-refractivity contribution in [2.75, 3.05) is 0 Å². The molecule has 0 atom stereocenters. The largest absolute Gasteiger partial charge is 0.366 e. The summed E-state index contributed by atoms with van der Waals surface area (Å²) >= 11 is 0. The number of carbonyl (C=O) groups is 2. The fourth-order valence-electron chi connectivity index (χ4n) is 0.974. The van der Waals surface area contributed by atoms with Gasteiger partial charge in [-0.15, -0.1) is 0 Å². The molecule has 0 aliphatic rings. The number of nitrogens with two attached hydrogens (primary N) is 2. The summed E-state index contributed by atoms with van der Waals surface area (Å²) in [6.45, 7) is 0. The van der Waals surface area contributed by atoms with Crippen LogP contribution in [-0.4, -0.2) is 11.8 Å². The number of hydrogen-bond acceptors (Lipinski definition) is 2. The zero-order valence-corrected chi connectivity index (χ0v) is 7.44. The van der Waals surface area contributed by atoms with Crippen molar-refractivity contribution < 1.29 is 9.59 Å². The van der Waals surface area contributed by atoms with Crippen molar-refractivity contribution in [3.05, 3.63) is 41.5 Å². The van der Waals surface area contributed by atoms with Crippen LogP contribution in [0.15, 0.2) is 30.3 Å². The highest BCUT2D eigenvalue weighted by molar-refractivity contribution is 5.94. The molecule has 0 aromatic heterocycles. The van der Waals surface area contributed by atoms with Gasteiger partial charge in [-0.3, -0.25) is 9.59 Å². The zero-order valence-electron chi connectivity index (χ0n) is 7.44. The van der Waals surface area contributed by atoms with Crippen molar-refractivity contribution >= 4 is 17.9 Å². The van der Waals surface area contributed by atoms with Crippen LogP contribution in [0.4, 0.5) is 0 Å². The Labute approximate surface area is 81.2 Å². The van der Waals surface area contributed by atoms with Gasteiger partial charge in [0, 0.05) is 11.6 Å². The molecule has 0 aliphatic carbocycles. The monoisotopic (exact) mass is 190 g/mol. The van der Waals surface area contributed by atoms with Crippen molar-refractivity contribution in [2.45, 2.75) is 0 Å². The Balaban J connectivity index is 2.94. The lowest BCUT2D eigenvalue weighted by Gasteiger charge is -1.96. The topological polar surface area (TPSA) is 86.2 Å². The van der Waals surface area contributed by atoms with E-state index in [2.05, 4.69) is 0 Å². The zero-order chi connectivity index (χ0) is 10.6. The molecule has 0 bridgehead atoms. The maximum Gasteiger partial charge on any atom is 0.248 e. The van der Waals surface area contributed by atoms with Crippen LogP contribution < -0.4 is 11.5 Å². The lowest BCUT2D eigenvalue weighted by atomic mass is 10.1. The highest BCUT2D eigenvalue weighted by Crippen LogP contribution is 2.06. The number of benzene rings is 1. The first-order valence-corrected chi connectivity index (χ1v) is 3.97. The van der Waals surface area contributed by atoms with Crippen LogP contribution in [0.1, 0.15) is 15.9 Å². The Morgan fingerprint density at radius 1 is 1.21 bits per heavy atom. The van der Waals surface area contributed by atoms with Gasteiger partial charge in [-0.2, -0.15) is 0 Å². The lowest BCUT2D eigenvalue weighted by Crippen LogP contribution is -2.10. The molecule has 14 heavy (non-hydrogen) atoms. The van der Waals surface area contributed by atoms with Gasteiger partial charge in [0.15, 0.2) is 0 Å². The molecule has 2 amide bonds. The van der Waals surface area contributed by atoms with Crippen molar-refractivity contribution in [1.29, 1.82) is 0 Å². The molecule has 0 spiro atoms. The second kappa shape index (κ2) is 4.23. The first kappa shape index (κ1) is 9.98. The van der Waals surface area contributed by atoms with Crippen molar-refractivity contribution in [3.63, 3.8) is 0 Å². The van der Waals surface area contributed by atoms with Crippen LogP contribution in [0.3, 0.4) is 0 Å². The molecule has 4 nitrogen and oxygen atoms in total. The Hall–Kier alpha value is -2.10. The van der Waals surface area contributed by atoms with E-state index in [4.69, 9.17) is 11.5 Å². The predicted octanol–water partition coefficient (Wildman–Crippen LogP) is 0.284. The first-order valence-electron chi connectivity index (χ1n) is 3.97. The maximum absolute atomic E-state index is 10.8. The standard InChI is InChI=1S/C10H10N2O2/c11-9(13)5-4-7-2-1-3-8(6-7)10(12)14/h1-6H,(H2,11,13)(H2,12,14). The molecule has 0 saturated heterocycles. The summed E-state index contributed by atoms with van der Waals surface area (Å²) in [5.41, 5.74) is 11.1. The summed E-state index contributed by atoms with van der Waals surface area (Å²) in [6, 6.07) is 6.61. The summed E-state index contributed by atoms with van der Waals surface area (Å²) in [5, 5.41) is 0. The summed E-state index contributed by atoms with van der Waals surface area (Å²) in [4.78, 5) is 21.2. The predicted molar refractivity (Wildman–Crippen MR) is 53.2 cm³/mol. The van der Waals surface area contributed by atoms with E-state index in [1.807, 2.05) is 0 Å². The third-order valence-electron chi connectivity index (χ3n) is 1.61. The van der Waals surface area contributed by atoms with E-state index in [1.54, 1.807) is 24.3 Å². The number of amides is 2. The van der Waals surface area contributed by atoms with Gasteiger partial charge in [0.2, 0.25) is 11.8 Å². The molecule has 1 aromatic rings. The van der Waals surface area contributed by atoms with Crippen molar-refractivity contribution in [2.24, 2.45) is 11.5 Å². The first-order chi connectivity index (χ1) is 6.59. The van der Waals surface area contributed by atoms with E-state index in [0.717, 1.165) is 0 Å². The van der Waals surface area contributed by atoms with Gasteiger partial charge >= 0.3 is 0 Å². The SMILES string of the molecule is NC(=O)C=Cc1cccc(C(N)=O)c1. The van der Waals surface area contributed by atoms with Crippen LogP contribution in [0, 0.1) is 0 Å². The number of hydrogen-bond donors (Lipinski definition) is 2. The Morgan fingerprint density at radius 3 is 2.50 bits per heavy atom. The minimum absolute atomic E-state index is 0.400. The molecule has 4 heteroatoms. The summed E-state index contributed by atoms with van der Waals surface area (Å²) in [5.74, 6) is -1.03. The average Bonchev–Trinajstić information content (AvgIpc) is 2.15. The molecule has 72 valence electrons. The quantitative estimate of drug-likeness (QED) is 0.671. The van der Waals surface area contributed by atoms with E-state index in [0.29, 0.717) is 11.1 Å². The van der Waals surface area contributed by atoms with Crippen LogP contribution >= 0.6 is 0 Å². The Kier molecular flexibility index (Phi) is 3.01. The summed E-state index contributed by atoms with van der Waals surface area (Å²) in [6.07, 6.45) is 2.74. The minimum Gasteiger partial charge on any atom is -0.366 e. The van der Waals surface area contributed by atoms with Gasteiger partial charge in [-0.05, 0) is 23.8 Å². The lowest BCUT2D eigenvalue weighted by molar-refractivity contribution is -0.113. The highest BCUT2D eigenvalue weighted by Gasteiger charge is 1.98. The smallest absolute Gasteiger partial charge is 0.248 e. The van der Waals surface area contributed by atoms with Crippen molar-refractivity contribution in [3.8, 4) is 0 Å². The number of carbonyl (C=O) groups excluding carboxylic acids is 2. The fourth-order valence-corrected chi connectivity index (χ4v) is 0.974. The molecule has 0 unspecified atom stereocenters. The molecular weight excluding hydrogens is 180 g/mol. The van der Waals surface area contributed by atoms with Crippen LogP contribution in [0.5, 0.6) is 0 Å². The third kappa shape index (κ3) is 2.75. The molecule has 0 fully saturated rings. The van der Waals surface area contributed by atoms with Crippen LogP contribution in [0.25, 0.3) is 6.08 Å². The molecule has 1 rings (SSSR count). The molecule has 0 aliphatic heterocycles. The van der Waals surface area contributed by atoms with Gasteiger partial charge in [0.25, 0.3) is 0 Å². The van der Waals surface area contributed by atoms with Crippen LogP contribution in [-0.2, 0) is 4.79 Å². The van der Waals surface area contributed by atoms with Gasteiger partial charge in [-0.1, -0.05) is 12.1 Å².